The lowest BCUT2D eigenvalue weighted by atomic mass is 10.3. The lowest BCUT2D eigenvalue weighted by Crippen LogP contribution is -2.41. The van der Waals surface area contributed by atoms with Crippen molar-refractivity contribution in [3.8, 4) is 6.07 Å². The van der Waals surface area contributed by atoms with E-state index in [1.807, 2.05) is 6.07 Å². The molecule has 6 heteroatoms. The summed E-state index contributed by atoms with van der Waals surface area (Å²) in [7, 11) is 1.65. The SMILES string of the molecule is CN/C=C(/C#N)C(=O)NCCN1CCOCC1. The van der Waals surface area contributed by atoms with Crippen LogP contribution in [-0.2, 0) is 9.53 Å². The molecule has 0 spiro atoms. The van der Waals surface area contributed by atoms with Gasteiger partial charge in [0.25, 0.3) is 5.91 Å². The quantitative estimate of drug-likeness (QED) is 0.477. The summed E-state index contributed by atoms with van der Waals surface area (Å²) in [6.07, 6.45) is 1.39. The molecular formula is C11H18N4O2. The van der Waals surface area contributed by atoms with E-state index in [0.29, 0.717) is 6.54 Å². The highest BCUT2D eigenvalue weighted by Crippen LogP contribution is 1.95. The maximum atomic E-state index is 11.5. The van der Waals surface area contributed by atoms with E-state index in [1.54, 1.807) is 7.05 Å². The Morgan fingerprint density at radius 2 is 2.24 bits per heavy atom. The first-order valence-corrected chi connectivity index (χ1v) is 5.63. The minimum Gasteiger partial charge on any atom is -0.393 e. The fraction of sp³-hybridized carbons (Fsp3) is 0.636. The van der Waals surface area contributed by atoms with Crippen molar-refractivity contribution < 1.29 is 9.53 Å². The minimum atomic E-state index is -0.338. The number of carbonyl (C=O) groups excluding carboxylic acids is 1. The molecule has 1 amide bonds. The number of nitriles is 1. The summed E-state index contributed by atoms with van der Waals surface area (Å²) < 4.78 is 5.23. The molecule has 6 nitrogen and oxygen atoms in total. The molecule has 17 heavy (non-hydrogen) atoms. The van der Waals surface area contributed by atoms with E-state index in [4.69, 9.17) is 10.00 Å². The summed E-state index contributed by atoms with van der Waals surface area (Å²) in [6.45, 7) is 4.61. The third-order valence-electron chi connectivity index (χ3n) is 2.47. The van der Waals surface area contributed by atoms with Gasteiger partial charge in [-0.25, -0.2) is 0 Å². The second-order valence-electron chi connectivity index (χ2n) is 3.67. The van der Waals surface area contributed by atoms with Gasteiger partial charge in [-0.05, 0) is 0 Å². The van der Waals surface area contributed by atoms with Gasteiger partial charge in [0.05, 0.1) is 13.2 Å². The zero-order chi connectivity index (χ0) is 12.5. The molecule has 94 valence electrons. The summed E-state index contributed by atoms with van der Waals surface area (Å²) in [4.78, 5) is 13.7. The molecule has 1 aliphatic heterocycles. The molecule has 0 bridgehead atoms. The maximum Gasteiger partial charge on any atom is 0.263 e. The molecule has 0 aliphatic carbocycles. The average molecular weight is 238 g/mol. The van der Waals surface area contributed by atoms with Crippen molar-refractivity contribution in [1.82, 2.24) is 15.5 Å². The molecule has 2 N–H and O–H groups in total. The largest absolute Gasteiger partial charge is 0.393 e. The Morgan fingerprint density at radius 1 is 1.53 bits per heavy atom. The number of ether oxygens (including phenoxy) is 1. The van der Waals surface area contributed by atoms with Gasteiger partial charge >= 0.3 is 0 Å². The van der Waals surface area contributed by atoms with Crippen LogP contribution in [0.25, 0.3) is 0 Å². The van der Waals surface area contributed by atoms with Gasteiger partial charge in [-0.15, -0.1) is 0 Å². The molecule has 0 radical (unpaired) electrons. The van der Waals surface area contributed by atoms with Gasteiger partial charge in [-0.1, -0.05) is 0 Å². The number of hydrogen-bond donors (Lipinski definition) is 2. The van der Waals surface area contributed by atoms with E-state index in [9.17, 15) is 4.79 Å². The van der Waals surface area contributed by atoms with Crippen LogP contribution in [0, 0.1) is 11.3 Å². The molecule has 0 aromatic heterocycles. The first-order chi connectivity index (χ1) is 8.27. The van der Waals surface area contributed by atoms with Crippen LogP contribution in [0.5, 0.6) is 0 Å². The van der Waals surface area contributed by atoms with Crippen molar-refractivity contribution in [3.63, 3.8) is 0 Å². The van der Waals surface area contributed by atoms with Crippen molar-refractivity contribution in [1.29, 1.82) is 5.26 Å². The molecule has 0 saturated carbocycles. The predicted octanol–water partition coefficient (Wildman–Crippen LogP) is -0.938. The molecule has 0 unspecified atom stereocenters. The van der Waals surface area contributed by atoms with Crippen LogP contribution < -0.4 is 10.6 Å². The first-order valence-electron chi connectivity index (χ1n) is 5.63. The third kappa shape index (κ3) is 4.85. The Kier molecular flexibility index (Phi) is 6.07. The molecule has 0 aromatic rings. The Balaban J connectivity index is 2.23. The van der Waals surface area contributed by atoms with Crippen LogP contribution >= 0.6 is 0 Å². The second-order valence-corrected chi connectivity index (χ2v) is 3.67. The minimum absolute atomic E-state index is 0.0921. The van der Waals surface area contributed by atoms with E-state index in [1.165, 1.54) is 6.20 Å². The molecule has 0 atom stereocenters. The number of nitrogens with zero attached hydrogens (tertiary/aromatic N) is 2. The molecular weight excluding hydrogens is 220 g/mol. The first kappa shape index (κ1) is 13.5. The van der Waals surface area contributed by atoms with Crippen LogP contribution in [0.1, 0.15) is 0 Å². The highest BCUT2D eigenvalue weighted by atomic mass is 16.5. The Labute approximate surface area is 101 Å². The molecule has 1 aliphatic rings. The summed E-state index contributed by atoms with van der Waals surface area (Å²) in [5.41, 5.74) is 0.0921. The number of amides is 1. The normalized spacial score (nSPS) is 17.3. The highest BCUT2D eigenvalue weighted by Gasteiger charge is 2.11. The molecule has 1 fully saturated rings. The zero-order valence-electron chi connectivity index (χ0n) is 10.0. The molecule has 1 rings (SSSR count). The van der Waals surface area contributed by atoms with Gasteiger partial charge in [0, 0.05) is 39.4 Å². The summed E-state index contributed by atoms with van der Waals surface area (Å²) in [5, 5.41) is 14.1. The lowest BCUT2D eigenvalue weighted by Gasteiger charge is -2.26. The number of morpholine rings is 1. The van der Waals surface area contributed by atoms with E-state index in [-0.39, 0.29) is 11.5 Å². The lowest BCUT2D eigenvalue weighted by molar-refractivity contribution is -0.117. The monoisotopic (exact) mass is 238 g/mol. The predicted molar refractivity (Wildman–Crippen MR) is 63.0 cm³/mol. The standard InChI is InChI=1S/C11H18N4O2/c1-13-9-10(8-12)11(16)14-2-3-15-4-6-17-7-5-15/h9,13H,2-7H2,1H3,(H,14,16)/b10-9-. The van der Waals surface area contributed by atoms with Gasteiger partial charge in [0.1, 0.15) is 11.6 Å². The van der Waals surface area contributed by atoms with Gasteiger partial charge in [-0.3, -0.25) is 9.69 Å². The van der Waals surface area contributed by atoms with Gasteiger partial charge < -0.3 is 15.4 Å². The number of nitrogens with one attached hydrogen (secondary N) is 2. The number of rotatable bonds is 5. The van der Waals surface area contributed by atoms with Gasteiger partial charge in [0.15, 0.2) is 0 Å². The van der Waals surface area contributed by atoms with Crippen molar-refractivity contribution >= 4 is 5.91 Å². The van der Waals surface area contributed by atoms with Crippen molar-refractivity contribution in [2.24, 2.45) is 0 Å². The Morgan fingerprint density at radius 3 is 2.82 bits per heavy atom. The van der Waals surface area contributed by atoms with Crippen LogP contribution in [0.15, 0.2) is 11.8 Å². The Hall–Kier alpha value is -1.58. The summed E-state index contributed by atoms with van der Waals surface area (Å²) in [6, 6.07) is 1.84. The molecule has 0 aromatic carbocycles. The summed E-state index contributed by atoms with van der Waals surface area (Å²) >= 11 is 0. The number of carbonyl (C=O) groups is 1. The number of hydrogen-bond acceptors (Lipinski definition) is 5. The van der Waals surface area contributed by atoms with Crippen LogP contribution in [0.2, 0.25) is 0 Å². The van der Waals surface area contributed by atoms with Crippen LogP contribution in [-0.4, -0.2) is 57.2 Å². The fourth-order valence-electron chi connectivity index (χ4n) is 1.54. The van der Waals surface area contributed by atoms with Crippen molar-refractivity contribution in [3.05, 3.63) is 11.8 Å². The molecule has 1 saturated heterocycles. The Bertz CT molecular complexity index is 316. The second kappa shape index (κ2) is 7.65. The smallest absolute Gasteiger partial charge is 0.263 e. The van der Waals surface area contributed by atoms with E-state index < -0.39 is 0 Å². The maximum absolute atomic E-state index is 11.5. The van der Waals surface area contributed by atoms with Crippen molar-refractivity contribution in [2.75, 3.05) is 46.4 Å². The third-order valence-corrected chi connectivity index (χ3v) is 2.47. The van der Waals surface area contributed by atoms with Crippen molar-refractivity contribution in [2.45, 2.75) is 0 Å². The highest BCUT2D eigenvalue weighted by molar-refractivity contribution is 5.97. The van der Waals surface area contributed by atoms with Crippen LogP contribution in [0.4, 0.5) is 0 Å². The zero-order valence-corrected chi connectivity index (χ0v) is 10.0. The van der Waals surface area contributed by atoms with E-state index in [0.717, 1.165) is 32.8 Å². The topological polar surface area (TPSA) is 77.4 Å². The fourth-order valence-corrected chi connectivity index (χ4v) is 1.54. The van der Waals surface area contributed by atoms with E-state index in [2.05, 4.69) is 15.5 Å². The van der Waals surface area contributed by atoms with Gasteiger partial charge in [0.2, 0.25) is 0 Å². The average Bonchev–Trinajstić information content (AvgIpc) is 2.37. The molecule has 1 heterocycles. The van der Waals surface area contributed by atoms with Gasteiger partial charge in [-0.2, -0.15) is 5.26 Å². The van der Waals surface area contributed by atoms with E-state index >= 15 is 0 Å². The van der Waals surface area contributed by atoms with Crippen LogP contribution in [0.3, 0.4) is 0 Å². The summed E-state index contributed by atoms with van der Waals surface area (Å²) in [5.74, 6) is -0.338.